The summed E-state index contributed by atoms with van der Waals surface area (Å²) < 4.78 is 0. The third kappa shape index (κ3) is 2.43. The SMILES string of the molecule is NC(CN1BC(O)=C(O)C=C1)C(=O)O. The van der Waals surface area contributed by atoms with Crippen LogP contribution in [0, 0.1) is 0 Å². The summed E-state index contributed by atoms with van der Waals surface area (Å²) in [7, 11) is 0.0727. The van der Waals surface area contributed by atoms with E-state index in [0.29, 0.717) is 0 Å². The Labute approximate surface area is 81.2 Å². The van der Waals surface area contributed by atoms with Crippen LogP contribution in [0.25, 0.3) is 0 Å². The van der Waals surface area contributed by atoms with E-state index in [1.807, 2.05) is 0 Å². The monoisotopic (exact) mass is 198 g/mol. The van der Waals surface area contributed by atoms with E-state index in [0.717, 1.165) is 0 Å². The highest BCUT2D eigenvalue weighted by atomic mass is 16.4. The van der Waals surface area contributed by atoms with Gasteiger partial charge in [-0.1, -0.05) is 0 Å². The topological polar surface area (TPSA) is 107 Å². The number of hydrogen-bond acceptors (Lipinski definition) is 5. The molecule has 0 aliphatic carbocycles. The minimum atomic E-state index is -1.10. The van der Waals surface area contributed by atoms with Gasteiger partial charge in [-0.05, 0) is 12.3 Å². The van der Waals surface area contributed by atoms with Crippen LogP contribution in [-0.2, 0) is 4.79 Å². The predicted molar refractivity (Wildman–Crippen MR) is 50.9 cm³/mol. The average molecular weight is 198 g/mol. The second kappa shape index (κ2) is 4.06. The molecule has 1 aliphatic heterocycles. The summed E-state index contributed by atoms with van der Waals surface area (Å²) >= 11 is 0. The summed E-state index contributed by atoms with van der Waals surface area (Å²) in [6.45, 7) is 0.0865. The number of carbonyl (C=O) groups is 1. The highest BCUT2D eigenvalue weighted by molar-refractivity contribution is 6.42. The highest BCUT2D eigenvalue weighted by Crippen LogP contribution is 2.08. The van der Waals surface area contributed by atoms with Crippen LogP contribution in [0.4, 0.5) is 0 Å². The van der Waals surface area contributed by atoms with Crippen molar-refractivity contribution in [3.8, 4) is 0 Å². The summed E-state index contributed by atoms with van der Waals surface area (Å²) in [6.07, 6.45) is 2.77. The van der Waals surface area contributed by atoms with Crippen molar-refractivity contribution in [2.45, 2.75) is 6.04 Å². The zero-order valence-electron chi connectivity index (χ0n) is 7.42. The van der Waals surface area contributed by atoms with Gasteiger partial charge in [-0.15, -0.1) is 0 Å². The van der Waals surface area contributed by atoms with E-state index >= 15 is 0 Å². The van der Waals surface area contributed by atoms with E-state index in [1.54, 1.807) is 0 Å². The predicted octanol–water partition coefficient (Wildman–Crippen LogP) is -1.14. The molecule has 1 unspecified atom stereocenters. The van der Waals surface area contributed by atoms with Gasteiger partial charge in [0.25, 0.3) is 0 Å². The smallest absolute Gasteiger partial charge is 0.322 e. The van der Waals surface area contributed by atoms with Gasteiger partial charge in [0.1, 0.15) is 17.5 Å². The molecule has 0 spiro atoms. The number of carboxylic acids is 1. The molecule has 1 heterocycles. The van der Waals surface area contributed by atoms with Crippen molar-refractivity contribution in [2.75, 3.05) is 6.54 Å². The van der Waals surface area contributed by atoms with Crippen molar-refractivity contribution in [2.24, 2.45) is 5.73 Å². The first-order chi connectivity index (χ1) is 6.50. The molecule has 14 heavy (non-hydrogen) atoms. The quantitative estimate of drug-likeness (QED) is 0.427. The molecule has 0 radical (unpaired) electrons. The van der Waals surface area contributed by atoms with Crippen LogP contribution >= 0.6 is 0 Å². The van der Waals surface area contributed by atoms with Crippen molar-refractivity contribution < 1.29 is 20.1 Å². The van der Waals surface area contributed by atoms with Crippen LogP contribution < -0.4 is 5.73 Å². The van der Waals surface area contributed by atoms with E-state index in [2.05, 4.69) is 0 Å². The molecule has 1 aliphatic rings. The van der Waals surface area contributed by atoms with Gasteiger partial charge < -0.3 is 25.9 Å². The maximum atomic E-state index is 10.4. The Hall–Kier alpha value is -1.63. The third-order valence-electron chi connectivity index (χ3n) is 1.84. The number of allylic oxidation sites excluding steroid dienone is 1. The first-order valence-electron chi connectivity index (χ1n) is 4.02. The molecule has 76 valence electrons. The van der Waals surface area contributed by atoms with Crippen LogP contribution in [0.15, 0.2) is 23.7 Å². The van der Waals surface area contributed by atoms with Gasteiger partial charge in [0.2, 0.25) is 0 Å². The van der Waals surface area contributed by atoms with Crippen molar-refractivity contribution in [1.82, 2.24) is 4.81 Å². The standard InChI is InChI=1S/C7H11BN2O4/c9-4(7(13)14)3-10-2-1-5(11)6(12)8-10/h1-2,4,8,11-12H,3,9H2,(H,13,14). The molecule has 0 saturated carbocycles. The van der Waals surface area contributed by atoms with Gasteiger partial charge in [0.05, 0.1) is 0 Å². The molecule has 7 heteroatoms. The van der Waals surface area contributed by atoms with Crippen molar-refractivity contribution in [3.05, 3.63) is 23.7 Å². The molecule has 6 nitrogen and oxygen atoms in total. The number of nitrogens with zero attached hydrogens (tertiary/aromatic N) is 1. The second-order valence-corrected chi connectivity index (χ2v) is 3.02. The Morgan fingerprint density at radius 2 is 2.29 bits per heavy atom. The lowest BCUT2D eigenvalue weighted by Gasteiger charge is -2.23. The van der Waals surface area contributed by atoms with E-state index in [4.69, 9.17) is 21.1 Å². The summed E-state index contributed by atoms with van der Waals surface area (Å²) in [4.78, 5) is 11.9. The first kappa shape index (κ1) is 10.5. The zero-order chi connectivity index (χ0) is 10.7. The fraction of sp³-hybridized carbons (Fsp3) is 0.286. The zero-order valence-corrected chi connectivity index (χ0v) is 7.42. The Morgan fingerprint density at radius 3 is 2.79 bits per heavy atom. The van der Waals surface area contributed by atoms with Crippen LogP contribution in [0.3, 0.4) is 0 Å². The van der Waals surface area contributed by atoms with Gasteiger partial charge in [-0.2, -0.15) is 0 Å². The highest BCUT2D eigenvalue weighted by Gasteiger charge is 2.19. The van der Waals surface area contributed by atoms with E-state index in [1.165, 1.54) is 17.1 Å². The van der Waals surface area contributed by atoms with Gasteiger partial charge in [0, 0.05) is 6.54 Å². The second-order valence-electron chi connectivity index (χ2n) is 3.02. The van der Waals surface area contributed by atoms with Crippen molar-refractivity contribution in [1.29, 1.82) is 0 Å². The number of rotatable bonds is 3. The van der Waals surface area contributed by atoms with Gasteiger partial charge in [-0.3, -0.25) is 4.79 Å². The molecule has 0 aromatic rings. The number of carboxylic acid groups (broad SMARTS) is 1. The van der Waals surface area contributed by atoms with E-state index in [-0.39, 0.29) is 25.4 Å². The lowest BCUT2D eigenvalue weighted by molar-refractivity contribution is -0.138. The fourth-order valence-electron chi connectivity index (χ4n) is 1.05. The molecule has 1 rings (SSSR count). The number of aliphatic carboxylic acids is 1. The summed E-state index contributed by atoms with van der Waals surface area (Å²) in [6, 6.07) is -1.01. The Kier molecular flexibility index (Phi) is 3.03. The van der Waals surface area contributed by atoms with Crippen LogP contribution in [0.1, 0.15) is 0 Å². The van der Waals surface area contributed by atoms with E-state index in [9.17, 15) is 4.79 Å². The van der Waals surface area contributed by atoms with Crippen LogP contribution in [0.2, 0.25) is 0 Å². The minimum absolute atomic E-state index is 0.0727. The molecule has 0 bridgehead atoms. The normalized spacial score (nSPS) is 17.9. The van der Waals surface area contributed by atoms with Crippen molar-refractivity contribution in [3.63, 3.8) is 0 Å². The molecular formula is C7H11BN2O4. The lowest BCUT2D eigenvalue weighted by Crippen LogP contribution is -2.43. The first-order valence-corrected chi connectivity index (χ1v) is 4.02. The molecule has 0 aromatic carbocycles. The van der Waals surface area contributed by atoms with Crippen LogP contribution in [-0.4, -0.2) is 46.1 Å². The maximum Gasteiger partial charge on any atom is 0.322 e. The third-order valence-corrected chi connectivity index (χ3v) is 1.84. The molecule has 5 N–H and O–H groups in total. The summed E-state index contributed by atoms with van der Waals surface area (Å²) in [5.74, 6) is -1.30. The Balaban J connectivity index is 2.52. The largest absolute Gasteiger partial charge is 0.517 e. The lowest BCUT2D eigenvalue weighted by atomic mass is 9.84. The van der Waals surface area contributed by atoms with Gasteiger partial charge in [0.15, 0.2) is 0 Å². The van der Waals surface area contributed by atoms with E-state index < -0.39 is 12.0 Å². The number of hydrogen-bond donors (Lipinski definition) is 4. The maximum absolute atomic E-state index is 10.4. The molecule has 0 saturated heterocycles. The van der Waals surface area contributed by atoms with Crippen LogP contribution in [0.5, 0.6) is 0 Å². The molecule has 0 aromatic heterocycles. The Morgan fingerprint density at radius 1 is 1.64 bits per heavy atom. The molecular weight excluding hydrogens is 187 g/mol. The van der Waals surface area contributed by atoms with Gasteiger partial charge >= 0.3 is 13.4 Å². The minimum Gasteiger partial charge on any atom is -0.517 e. The molecule has 0 amide bonds. The number of aliphatic hydroxyl groups is 2. The van der Waals surface area contributed by atoms with Gasteiger partial charge in [-0.25, -0.2) is 0 Å². The average Bonchev–Trinajstić information content (AvgIpc) is 2.11. The van der Waals surface area contributed by atoms with Crippen molar-refractivity contribution >= 4 is 13.4 Å². The summed E-state index contributed by atoms with van der Waals surface area (Å²) in [5, 5.41) is 26.7. The Bertz CT molecular complexity index is 302. The summed E-state index contributed by atoms with van der Waals surface area (Å²) in [5.41, 5.74) is 5.10. The number of aliphatic hydroxyl groups excluding tert-OH is 2. The molecule has 0 fully saturated rings. The molecule has 1 atom stereocenters. The number of nitrogens with two attached hydrogens (primary N) is 1. The fourth-order valence-corrected chi connectivity index (χ4v) is 1.05.